The van der Waals surface area contributed by atoms with E-state index in [9.17, 15) is 0 Å². The third kappa shape index (κ3) is 3.59. The molecule has 0 bridgehead atoms. The van der Waals surface area contributed by atoms with Crippen molar-refractivity contribution >= 4 is 17.7 Å². The van der Waals surface area contributed by atoms with E-state index >= 15 is 0 Å². The third-order valence-electron chi connectivity index (χ3n) is 3.24. The Balaban J connectivity index is 2.35. The summed E-state index contributed by atoms with van der Waals surface area (Å²) in [5.74, 6) is 0.602. The summed E-state index contributed by atoms with van der Waals surface area (Å²) in [6.45, 7) is 5.12. The van der Waals surface area contributed by atoms with Crippen molar-refractivity contribution in [3.8, 4) is 0 Å². The zero-order valence-electron chi connectivity index (χ0n) is 10.0. The summed E-state index contributed by atoms with van der Waals surface area (Å²) in [5, 5.41) is 3.19. The minimum absolute atomic E-state index is 0.391. The van der Waals surface area contributed by atoms with E-state index in [4.69, 9.17) is 5.73 Å². The van der Waals surface area contributed by atoms with Gasteiger partial charge in [-0.05, 0) is 32.4 Å². The first-order chi connectivity index (χ1) is 7.12. The standard InChI is InChI=1S/C11H23N3S/c1-4-9(2)14-10(12)13-8-11(15-3)6-5-7-11/h9H,4-8H2,1-3H3,(H3,12,13,14). The van der Waals surface area contributed by atoms with E-state index in [0.29, 0.717) is 16.7 Å². The molecular formula is C11H23N3S. The number of nitrogens with one attached hydrogen (secondary N) is 1. The second-order valence-corrected chi connectivity index (χ2v) is 5.67. The average molecular weight is 229 g/mol. The van der Waals surface area contributed by atoms with Crippen molar-refractivity contribution in [3.05, 3.63) is 0 Å². The summed E-state index contributed by atoms with van der Waals surface area (Å²) in [4.78, 5) is 4.44. The predicted molar refractivity (Wildman–Crippen MR) is 69.5 cm³/mol. The molecule has 0 spiro atoms. The Kier molecular flexibility index (Phi) is 4.77. The number of nitrogens with two attached hydrogens (primary N) is 1. The molecule has 1 unspecified atom stereocenters. The van der Waals surface area contributed by atoms with Crippen LogP contribution in [0.2, 0.25) is 0 Å². The van der Waals surface area contributed by atoms with Crippen LogP contribution < -0.4 is 11.1 Å². The van der Waals surface area contributed by atoms with Gasteiger partial charge in [-0.2, -0.15) is 11.8 Å². The number of aliphatic imine (C=N–C) groups is 1. The molecule has 3 nitrogen and oxygen atoms in total. The molecule has 1 aliphatic carbocycles. The second-order valence-electron chi connectivity index (χ2n) is 4.40. The number of nitrogens with zero attached hydrogens (tertiary/aromatic N) is 1. The van der Waals surface area contributed by atoms with Crippen LogP contribution in [0.3, 0.4) is 0 Å². The summed E-state index contributed by atoms with van der Waals surface area (Å²) in [6, 6.07) is 0.417. The van der Waals surface area contributed by atoms with Gasteiger partial charge in [-0.15, -0.1) is 0 Å². The van der Waals surface area contributed by atoms with Crippen LogP contribution >= 0.6 is 11.8 Å². The Labute approximate surface area is 97.3 Å². The van der Waals surface area contributed by atoms with Gasteiger partial charge in [0.2, 0.25) is 0 Å². The molecule has 4 heteroatoms. The van der Waals surface area contributed by atoms with E-state index in [0.717, 1.165) is 13.0 Å². The van der Waals surface area contributed by atoms with Gasteiger partial charge in [-0.25, -0.2) is 0 Å². The smallest absolute Gasteiger partial charge is 0.188 e. The lowest BCUT2D eigenvalue weighted by Gasteiger charge is -2.39. The van der Waals surface area contributed by atoms with Gasteiger partial charge in [0.25, 0.3) is 0 Å². The molecule has 0 heterocycles. The van der Waals surface area contributed by atoms with E-state index in [1.165, 1.54) is 19.3 Å². The zero-order chi connectivity index (χ0) is 11.3. The molecular weight excluding hydrogens is 206 g/mol. The lowest BCUT2D eigenvalue weighted by atomic mass is 9.84. The number of thioether (sulfide) groups is 1. The summed E-state index contributed by atoms with van der Waals surface area (Å²) < 4.78 is 0.391. The molecule has 1 fully saturated rings. The van der Waals surface area contributed by atoms with Gasteiger partial charge in [-0.3, -0.25) is 4.99 Å². The van der Waals surface area contributed by atoms with Gasteiger partial charge in [-0.1, -0.05) is 13.3 Å². The van der Waals surface area contributed by atoms with Crippen LogP contribution in [0.4, 0.5) is 0 Å². The van der Waals surface area contributed by atoms with Crippen molar-refractivity contribution in [2.75, 3.05) is 12.8 Å². The van der Waals surface area contributed by atoms with Crippen LogP contribution in [0.25, 0.3) is 0 Å². The molecule has 1 aliphatic rings. The van der Waals surface area contributed by atoms with Crippen molar-refractivity contribution in [2.45, 2.75) is 50.3 Å². The maximum atomic E-state index is 5.82. The van der Waals surface area contributed by atoms with Gasteiger partial charge in [0.15, 0.2) is 5.96 Å². The third-order valence-corrected chi connectivity index (χ3v) is 4.65. The van der Waals surface area contributed by atoms with Gasteiger partial charge >= 0.3 is 0 Å². The van der Waals surface area contributed by atoms with Gasteiger partial charge in [0, 0.05) is 10.8 Å². The minimum atomic E-state index is 0.391. The monoisotopic (exact) mass is 229 g/mol. The molecule has 0 aromatic rings. The lowest BCUT2D eigenvalue weighted by Crippen LogP contribution is -2.41. The van der Waals surface area contributed by atoms with Gasteiger partial charge in [0.1, 0.15) is 0 Å². The summed E-state index contributed by atoms with van der Waals surface area (Å²) in [7, 11) is 0. The maximum Gasteiger partial charge on any atom is 0.188 e. The molecule has 0 aliphatic heterocycles. The Morgan fingerprint density at radius 1 is 1.60 bits per heavy atom. The van der Waals surface area contributed by atoms with Crippen LogP contribution in [0.5, 0.6) is 0 Å². The van der Waals surface area contributed by atoms with E-state index in [1.807, 2.05) is 11.8 Å². The Morgan fingerprint density at radius 2 is 2.27 bits per heavy atom. The number of hydrogen-bond acceptors (Lipinski definition) is 2. The van der Waals surface area contributed by atoms with Crippen molar-refractivity contribution in [1.82, 2.24) is 5.32 Å². The largest absolute Gasteiger partial charge is 0.370 e. The molecule has 0 radical (unpaired) electrons. The highest BCUT2D eigenvalue weighted by molar-refractivity contribution is 8.00. The first-order valence-electron chi connectivity index (χ1n) is 5.73. The van der Waals surface area contributed by atoms with Crippen molar-refractivity contribution in [1.29, 1.82) is 0 Å². The van der Waals surface area contributed by atoms with Gasteiger partial charge in [0.05, 0.1) is 6.54 Å². The first kappa shape index (κ1) is 12.7. The SMILES string of the molecule is CCC(C)NC(N)=NCC1(SC)CCC1. The average Bonchev–Trinajstić information content (AvgIpc) is 2.16. The molecule has 0 saturated heterocycles. The molecule has 1 atom stereocenters. The highest BCUT2D eigenvalue weighted by Gasteiger charge is 2.35. The molecule has 0 aromatic carbocycles. The highest BCUT2D eigenvalue weighted by atomic mass is 32.2. The Morgan fingerprint density at radius 3 is 2.67 bits per heavy atom. The summed E-state index contributed by atoms with van der Waals surface area (Å²) in [6.07, 6.45) is 7.16. The number of rotatable bonds is 5. The summed E-state index contributed by atoms with van der Waals surface area (Å²) >= 11 is 1.94. The topological polar surface area (TPSA) is 50.4 Å². The molecule has 0 amide bonds. The minimum Gasteiger partial charge on any atom is -0.370 e. The number of guanidine groups is 1. The van der Waals surface area contributed by atoms with Crippen molar-refractivity contribution in [3.63, 3.8) is 0 Å². The predicted octanol–water partition coefficient (Wildman–Crippen LogP) is 1.97. The van der Waals surface area contributed by atoms with Crippen LogP contribution in [-0.4, -0.2) is 29.5 Å². The first-order valence-corrected chi connectivity index (χ1v) is 6.96. The molecule has 3 N–H and O–H groups in total. The number of hydrogen-bond donors (Lipinski definition) is 2. The Bertz CT molecular complexity index is 218. The maximum absolute atomic E-state index is 5.82. The highest BCUT2D eigenvalue weighted by Crippen LogP contribution is 2.42. The van der Waals surface area contributed by atoms with E-state index in [2.05, 4.69) is 30.4 Å². The molecule has 88 valence electrons. The second kappa shape index (κ2) is 5.64. The van der Waals surface area contributed by atoms with E-state index in [-0.39, 0.29) is 0 Å². The van der Waals surface area contributed by atoms with Crippen molar-refractivity contribution < 1.29 is 0 Å². The normalized spacial score (nSPS) is 21.9. The summed E-state index contributed by atoms with van der Waals surface area (Å²) in [5.41, 5.74) is 5.82. The Hall–Kier alpha value is -0.380. The van der Waals surface area contributed by atoms with Crippen LogP contribution in [0.15, 0.2) is 4.99 Å². The van der Waals surface area contributed by atoms with E-state index < -0.39 is 0 Å². The quantitative estimate of drug-likeness (QED) is 0.560. The van der Waals surface area contributed by atoms with Gasteiger partial charge < -0.3 is 11.1 Å². The lowest BCUT2D eigenvalue weighted by molar-refractivity contribution is 0.372. The molecule has 0 aromatic heterocycles. The fourth-order valence-corrected chi connectivity index (χ4v) is 2.52. The van der Waals surface area contributed by atoms with Crippen LogP contribution in [-0.2, 0) is 0 Å². The molecule has 15 heavy (non-hydrogen) atoms. The zero-order valence-corrected chi connectivity index (χ0v) is 10.9. The van der Waals surface area contributed by atoms with E-state index in [1.54, 1.807) is 0 Å². The molecule has 1 saturated carbocycles. The fourth-order valence-electron chi connectivity index (χ4n) is 1.63. The van der Waals surface area contributed by atoms with Crippen molar-refractivity contribution in [2.24, 2.45) is 10.7 Å². The molecule has 1 rings (SSSR count). The van der Waals surface area contributed by atoms with Crippen LogP contribution in [0.1, 0.15) is 39.5 Å². The van der Waals surface area contributed by atoms with Crippen LogP contribution in [0, 0.1) is 0 Å². The fraction of sp³-hybridized carbons (Fsp3) is 0.909.